The van der Waals surface area contributed by atoms with E-state index >= 15 is 0 Å². The van der Waals surface area contributed by atoms with Crippen molar-refractivity contribution in [2.24, 2.45) is 11.8 Å². The van der Waals surface area contributed by atoms with Gasteiger partial charge in [0, 0.05) is 35.4 Å². The summed E-state index contributed by atoms with van der Waals surface area (Å²) in [5, 5.41) is 23.5. The molecule has 12 heteroatoms. The minimum atomic E-state index is -0.895. The van der Waals surface area contributed by atoms with Gasteiger partial charge >= 0.3 is 0 Å². The molecule has 36 heavy (non-hydrogen) atoms. The number of carbonyl (C=O) groups is 4. The summed E-state index contributed by atoms with van der Waals surface area (Å²) in [4.78, 5) is 73.8. The van der Waals surface area contributed by atoms with Crippen molar-refractivity contribution in [1.82, 2.24) is 10.0 Å². The molecular weight excluding hydrogens is 472 g/mol. The van der Waals surface area contributed by atoms with Crippen LogP contribution in [0.25, 0.3) is 0 Å². The molecule has 1 fully saturated rings. The number of nitrogens with zero attached hydrogens (tertiary/aromatic N) is 4. The van der Waals surface area contributed by atoms with E-state index < -0.39 is 51.7 Å². The fraction of sp³-hybridized carbons (Fsp3) is 0.250. The van der Waals surface area contributed by atoms with E-state index in [0.29, 0.717) is 17.9 Å². The second-order valence-electron chi connectivity index (χ2n) is 8.59. The Labute approximate surface area is 204 Å². The van der Waals surface area contributed by atoms with Crippen LogP contribution in [0.5, 0.6) is 0 Å². The van der Waals surface area contributed by atoms with Crippen LogP contribution in [0.2, 0.25) is 0 Å². The first kappa shape index (κ1) is 24.4. The summed E-state index contributed by atoms with van der Waals surface area (Å²) in [6.45, 7) is 1.09. The SMILES string of the molecule is CC1=CC[C@@H]2C(=O)N(N(CC(=O)c3cccc([N+](=O)[O-])c3)C(=O)c3ccc([N+](=O)[O-])cc3)C(=O)[C@H]2C1. The molecule has 1 aliphatic heterocycles. The first-order chi connectivity index (χ1) is 17.1. The Morgan fingerprint density at radius 2 is 1.58 bits per heavy atom. The van der Waals surface area contributed by atoms with Crippen LogP contribution >= 0.6 is 0 Å². The second kappa shape index (κ2) is 9.49. The van der Waals surface area contributed by atoms with Gasteiger partial charge in [-0.1, -0.05) is 23.8 Å². The third-order valence-electron chi connectivity index (χ3n) is 6.27. The molecule has 2 aromatic rings. The van der Waals surface area contributed by atoms with Gasteiger partial charge in [-0.2, -0.15) is 5.01 Å². The van der Waals surface area contributed by atoms with Crippen LogP contribution in [-0.4, -0.2) is 49.9 Å². The van der Waals surface area contributed by atoms with E-state index in [1.165, 1.54) is 18.2 Å². The van der Waals surface area contributed by atoms with Crippen LogP contribution in [0.1, 0.15) is 40.5 Å². The number of non-ortho nitro benzene ring substituents is 2. The van der Waals surface area contributed by atoms with Crippen LogP contribution in [0.15, 0.2) is 60.2 Å². The zero-order valence-corrected chi connectivity index (χ0v) is 19.0. The predicted octanol–water partition coefficient (Wildman–Crippen LogP) is 3.08. The number of benzene rings is 2. The maximum absolute atomic E-state index is 13.5. The van der Waals surface area contributed by atoms with E-state index in [4.69, 9.17) is 0 Å². The molecular formula is C24H20N4O8. The Balaban J connectivity index is 1.70. The van der Waals surface area contributed by atoms with Gasteiger partial charge < -0.3 is 0 Å². The molecule has 0 N–H and O–H groups in total. The van der Waals surface area contributed by atoms with Crippen molar-refractivity contribution in [3.8, 4) is 0 Å². The number of amides is 3. The highest BCUT2D eigenvalue weighted by molar-refractivity contribution is 6.09. The third-order valence-corrected chi connectivity index (χ3v) is 6.27. The Kier molecular flexibility index (Phi) is 6.43. The molecule has 3 amide bonds. The predicted molar refractivity (Wildman–Crippen MR) is 123 cm³/mol. The van der Waals surface area contributed by atoms with Gasteiger partial charge in [-0.15, -0.1) is 0 Å². The molecule has 0 bridgehead atoms. The highest BCUT2D eigenvalue weighted by Crippen LogP contribution is 2.38. The van der Waals surface area contributed by atoms with Crippen molar-refractivity contribution in [2.45, 2.75) is 19.8 Å². The first-order valence-corrected chi connectivity index (χ1v) is 11.0. The van der Waals surface area contributed by atoms with Crippen molar-refractivity contribution >= 4 is 34.9 Å². The van der Waals surface area contributed by atoms with Crippen LogP contribution in [0, 0.1) is 32.1 Å². The van der Waals surface area contributed by atoms with Gasteiger partial charge in [0.05, 0.1) is 21.7 Å². The van der Waals surface area contributed by atoms with Crippen molar-refractivity contribution in [2.75, 3.05) is 6.54 Å². The highest BCUT2D eigenvalue weighted by atomic mass is 16.6. The topological polar surface area (TPSA) is 161 Å². The number of hydrogen-bond acceptors (Lipinski definition) is 8. The van der Waals surface area contributed by atoms with Gasteiger partial charge in [0.1, 0.15) is 6.54 Å². The number of fused-ring (bicyclic) bond motifs is 1. The normalized spacial score (nSPS) is 18.9. The number of ketones is 1. The molecule has 1 aliphatic carbocycles. The first-order valence-electron chi connectivity index (χ1n) is 11.0. The van der Waals surface area contributed by atoms with E-state index in [-0.39, 0.29) is 22.5 Å². The maximum atomic E-state index is 13.5. The lowest BCUT2D eigenvalue weighted by atomic mass is 9.82. The highest BCUT2D eigenvalue weighted by Gasteiger charge is 2.51. The summed E-state index contributed by atoms with van der Waals surface area (Å²) in [6, 6.07) is 9.38. The number of Topliss-reactive ketones (excluding diaryl/α,β-unsaturated/α-hetero) is 1. The summed E-state index contributed by atoms with van der Waals surface area (Å²) in [5.41, 5.74) is 0.152. The van der Waals surface area contributed by atoms with Crippen molar-refractivity contribution in [3.63, 3.8) is 0 Å². The van der Waals surface area contributed by atoms with Crippen molar-refractivity contribution < 1.29 is 29.0 Å². The van der Waals surface area contributed by atoms with E-state index in [9.17, 15) is 39.4 Å². The Morgan fingerprint density at radius 3 is 2.22 bits per heavy atom. The summed E-state index contributed by atoms with van der Waals surface area (Å²) in [7, 11) is 0. The molecule has 1 saturated heterocycles. The number of rotatable bonds is 7. The maximum Gasteiger partial charge on any atom is 0.273 e. The van der Waals surface area contributed by atoms with Crippen LogP contribution < -0.4 is 0 Å². The second-order valence-corrected chi connectivity index (χ2v) is 8.59. The standard InChI is InChI=1S/C24H20N4O8/c1-14-5-10-19-20(11-14)24(32)26(23(19)31)25(22(30)15-6-8-17(9-7-15)27(33)34)13-21(29)16-3-2-4-18(12-16)28(35)36/h2-9,12,19-20H,10-11,13H2,1H3/t19-,20-/m0/s1. The molecule has 2 aromatic carbocycles. The number of imide groups is 1. The molecule has 0 radical (unpaired) electrons. The van der Waals surface area contributed by atoms with Gasteiger partial charge in [-0.05, 0) is 31.9 Å². The smallest absolute Gasteiger partial charge is 0.273 e. The average Bonchev–Trinajstić information content (AvgIpc) is 3.11. The number of allylic oxidation sites excluding steroid dienone is 2. The van der Waals surface area contributed by atoms with Crippen molar-refractivity contribution in [1.29, 1.82) is 0 Å². The van der Waals surface area contributed by atoms with E-state index in [1.54, 1.807) is 0 Å². The molecule has 184 valence electrons. The Bertz CT molecular complexity index is 1330. The fourth-order valence-electron chi connectivity index (χ4n) is 4.39. The third kappa shape index (κ3) is 4.48. The van der Waals surface area contributed by atoms with E-state index in [0.717, 1.165) is 40.9 Å². The molecule has 0 unspecified atom stereocenters. The minimum Gasteiger partial charge on any atom is -0.292 e. The lowest BCUT2D eigenvalue weighted by Crippen LogP contribution is -2.52. The number of carbonyl (C=O) groups excluding carboxylic acids is 4. The molecule has 12 nitrogen and oxygen atoms in total. The lowest BCUT2D eigenvalue weighted by molar-refractivity contribution is -0.385. The van der Waals surface area contributed by atoms with Crippen LogP contribution in [0.4, 0.5) is 11.4 Å². The van der Waals surface area contributed by atoms with Gasteiger partial charge in [-0.3, -0.25) is 39.4 Å². The molecule has 0 aromatic heterocycles. The fourth-order valence-corrected chi connectivity index (χ4v) is 4.39. The summed E-state index contributed by atoms with van der Waals surface area (Å²) in [5.74, 6) is -4.24. The minimum absolute atomic E-state index is 0.0836. The summed E-state index contributed by atoms with van der Waals surface area (Å²) >= 11 is 0. The van der Waals surface area contributed by atoms with E-state index in [2.05, 4.69) is 0 Å². The zero-order valence-electron chi connectivity index (χ0n) is 19.0. The van der Waals surface area contributed by atoms with Gasteiger partial charge in [0.25, 0.3) is 29.1 Å². The van der Waals surface area contributed by atoms with Gasteiger partial charge in [0.2, 0.25) is 0 Å². The molecule has 1 heterocycles. The Hall–Kier alpha value is -4.74. The zero-order chi connectivity index (χ0) is 26.1. The molecule has 4 rings (SSSR count). The summed E-state index contributed by atoms with van der Waals surface area (Å²) in [6.07, 6.45) is 2.51. The monoisotopic (exact) mass is 492 g/mol. The van der Waals surface area contributed by atoms with Gasteiger partial charge in [0.15, 0.2) is 5.78 Å². The number of nitro groups is 2. The average molecular weight is 492 g/mol. The van der Waals surface area contributed by atoms with Crippen molar-refractivity contribution in [3.05, 3.63) is 91.5 Å². The number of hydrogen-bond donors (Lipinski definition) is 0. The summed E-state index contributed by atoms with van der Waals surface area (Å²) < 4.78 is 0. The largest absolute Gasteiger partial charge is 0.292 e. The molecule has 0 saturated carbocycles. The van der Waals surface area contributed by atoms with E-state index in [1.807, 2.05) is 13.0 Å². The van der Waals surface area contributed by atoms with Gasteiger partial charge in [-0.25, -0.2) is 5.01 Å². The van der Waals surface area contributed by atoms with Crippen LogP contribution in [-0.2, 0) is 9.59 Å². The number of nitro benzene ring substituents is 2. The lowest BCUT2D eigenvalue weighted by Gasteiger charge is -2.30. The molecule has 0 spiro atoms. The number of hydrazine groups is 1. The Morgan fingerprint density at radius 1 is 0.944 bits per heavy atom. The molecule has 2 aliphatic rings. The molecule has 2 atom stereocenters. The quantitative estimate of drug-likeness (QED) is 0.187. The van der Waals surface area contributed by atoms with Crippen LogP contribution in [0.3, 0.4) is 0 Å².